The lowest BCUT2D eigenvalue weighted by Crippen LogP contribution is -2.29. The van der Waals surface area contributed by atoms with Gasteiger partial charge in [0.25, 0.3) is 0 Å². The van der Waals surface area contributed by atoms with Gasteiger partial charge < -0.3 is 9.88 Å². The zero-order valence-electron chi connectivity index (χ0n) is 13.6. The number of thiophene rings is 1. The Bertz CT molecular complexity index is 787. The van der Waals surface area contributed by atoms with E-state index >= 15 is 0 Å². The van der Waals surface area contributed by atoms with Crippen molar-refractivity contribution in [3.8, 4) is 10.6 Å². The number of hydrogen-bond acceptors (Lipinski definition) is 2. The fourth-order valence-corrected chi connectivity index (χ4v) is 3.46. The van der Waals surface area contributed by atoms with E-state index in [0.29, 0.717) is 12.5 Å². The van der Waals surface area contributed by atoms with Gasteiger partial charge in [-0.15, -0.1) is 11.3 Å². The minimum absolute atomic E-state index is 0.0739. The van der Waals surface area contributed by atoms with Gasteiger partial charge in [-0.25, -0.2) is 0 Å². The molecule has 0 unspecified atom stereocenters. The Balaban J connectivity index is 1.86. The van der Waals surface area contributed by atoms with Crippen LogP contribution in [0.3, 0.4) is 0 Å². The second-order valence-corrected chi connectivity index (χ2v) is 7.13. The lowest BCUT2D eigenvalue weighted by Gasteiger charge is -2.11. The highest BCUT2D eigenvalue weighted by Crippen LogP contribution is 2.31. The third-order valence-corrected chi connectivity index (χ3v) is 4.82. The fourth-order valence-electron chi connectivity index (χ4n) is 2.71. The molecular formula is C19H22N2OS. The van der Waals surface area contributed by atoms with E-state index in [1.165, 1.54) is 10.3 Å². The number of amides is 1. The number of carbonyl (C=O) groups is 1. The van der Waals surface area contributed by atoms with Gasteiger partial charge in [-0.05, 0) is 35.9 Å². The summed E-state index contributed by atoms with van der Waals surface area (Å²) in [5.74, 6) is 0.675. The molecule has 3 rings (SSSR count). The van der Waals surface area contributed by atoms with Gasteiger partial charge in [0.2, 0.25) is 5.91 Å². The normalized spacial score (nSPS) is 11.3. The summed E-state index contributed by atoms with van der Waals surface area (Å²) >= 11 is 1.70. The predicted octanol–water partition coefficient (Wildman–Crippen LogP) is 4.53. The molecule has 0 aliphatic rings. The lowest BCUT2D eigenvalue weighted by atomic mass is 10.1. The Labute approximate surface area is 140 Å². The Morgan fingerprint density at radius 2 is 2.04 bits per heavy atom. The molecule has 0 saturated heterocycles. The Kier molecular flexibility index (Phi) is 4.82. The SMILES string of the molecule is CC(C)CCNC(=O)Cn1c(-c2cccs2)cc2ccccc21. The smallest absolute Gasteiger partial charge is 0.239 e. The average Bonchev–Trinajstić information content (AvgIpc) is 3.15. The first kappa shape index (κ1) is 15.8. The summed E-state index contributed by atoms with van der Waals surface area (Å²) in [6.45, 7) is 5.43. The van der Waals surface area contributed by atoms with Gasteiger partial charge >= 0.3 is 0 Å². The molecule has 1 aromatic carbocycles. The summed E-state index contributed by atoms with van der Waals surface area (Å²) in [5.41, 5.74) is 2.22. The molecular weight excluding hydrogens is 304 g/mol. The maximum Gasteiger partial charge on any atom is 0.239 e. The van der Waals surface area contributed by atoms with E-state index in [0.717, 1.165) is 24.2 Å². The highest BCUT2D eigenvalue weighted by atomic mass is 32.1. The van der Waals surface area contributed by atoms with Crippen molar-refractivity contribution in [2.24, 2.45) is 5.92 Å². The Hall–Kier alpha value is -2.07. The summed E-state index contributed by atoms with van der Waals surface area (Å²) in [4.78, 5) is 13.5. The van der Waals surface area contributed by atoms with Gasteiger partial charge in [0.15, 0.2) is 0 Å². The van der Waals surface area contributed by atoms with Crippen LogP contribution < -0.4 is 5.32 Å². The van der Waals surface area contributed by atoms with Gasteiger partial charge in [-0.3, -0.25) is 4.79 Å². The van der Waals surface area contributed by atoms with Crippen molar-refractivity contribution in [1.82, 2.24) is 9.88 Å². The highest BCUT2D eigenvalue weighted by molar-refractivity contribution is 7.13. The molecule has 2 heterocycles. The summed E-state index contributed by atoms with van der Waals surface area (Å²) < 4.78 is 2.12. The van der Waals surface area contributed by atoms with E-state index in [2.05, 4.69) is 53.4 Å². The molecule has 0 saturated carbocycles. The Morgan fingerprint density at radius 1 is 1.22 bits per heavy atom. The molecule has 1 N–H and O–H groups in total. The zero-order chi connectivity index (χ0) is 16.2. The lowest BCUT2D eigenvalue weighted by molar-refractivity contribution is -0.121. The molecule has 23 heavy (non-hydrogen) atoms. The predicted molar refractivity (Wildman–Crippen MR) is 97.7 cm³/mol. The Morgan fingerprint density at radius 3 is 2.78 bits per heavy atom. The van der Waals surface area contributed by atoms with E-state index in [9.17, 15) is 4.79 Å². The molecule has 120 valence electrons. The quantitative estimate of drug-likeness (QED) is 0.709. The molecule has 0 atom stereocenters. The van der Waals surface area contributed by atoms with Gasteiger partial charge in [-0.1, -0.05) is 38.1 Å². The number of para-hydroxylation sites is 1. The minimum atomic E-state index is 0.0739. The standard InChI is InChI=1S/C19H22N2OS/c1-14(2)9-10-20-19(22)13-21-16-7-4-3-6-15(16)12-17(21)18-8-5-11-23-18/h3-8,11-12,14H,9-10,13H2,1-2H3,(H,20,22). The largest absolute Gasteiger partial charge is 0.355 e. The third-order valence-electron chi connectivity index (χ3n) is 3.93. The molecule has 3 aromatic rings. The van der Waals surface area contributed by atoms with Gasteiger partial charge in [0, 0.05) is 17.4 Å². The van der Waals surface area contributed by atoms with Gasteiger partial charge in [0.05, 0.1) is 10.6 Å². The van der Waals surface area contributed by atoms with Crippen molar-refractivity contribution in [3.05, 3.63) is 47.8 Å². The van der Waals surface area contributed by atoms with Crippen LogP contribution in [0.4, 0.5) is 0 Å². The summed E-state index contributed by atoms with van der Waals surface area (Å²) in [5, 5.41) is 6.27. The second-order valence-electron chi connectivity index (χ2n) is 6.18. The molecule has 2 aromatic heterocycles. The van der Waals surface area contributed by atoms with Gasteiger partial charge in [-0.2, -0.15) is 0 Å². The second kappa shape index (κ2) is 7.01. The first-order valence-electron chi connectivity index (χ1n) is 8.04. The number of nitrogens with one attached hydrogen (secondary N) is 1. The molecule has 0 fully saturated rings. The van der Waals surface area contributed by atoms with Crippen LogP contribution in [-0.4, -0.2) is 17.0 Å². The first-order valence-corrected chi connectivity index (χ1v) is 8.92. The maximum atomic E-state index is 12.3. The number of fused-ring (bicyclic) bond motifs is 1. The molecule has 0 radical (unpaired) electrons. The van der Waals surface area contributed by atoms with Gasteiger partial charge in [0.1, 0.15) is 6.54 Å². The average molecular weight is 326 g/mol. The summed E-state index contributed by atoms with van der Waals surface area (Å²) in [6.07, 6.45) is 1.01. The summed E-state index contributed by atoms with van der Waals surface area (Å²) in [7, 11) is 0. The van der Waals surface area contributed by atoms with Crippen LogP contribution >= 0.6 is 11.3 Å². The van der Waals surface area contributed by atoms with Crippen molar-refractivity contribution < 1.29 is 4.79 Å². The fraction of sp³-hybridized carbons (Fsp3) is 0.316. The molecule has 0 bridgehead atoms. The van der Waals surface area contributed by atoms with Crippen LogP contribution in [0.5, 0.6) is 0 Å². The third kappa shape index (κ3) is 3.64. The van der Waals surface area contributed by atoms with Crippen LogP contribution in [0.25, 0.3) is 21.5 Å². The van der Waals surface area contributed by atoms with Crippen molar-refractivity contribution in [2.45, 2.75) is 26.8 Å². The van der Waals surface area contributed by atoms with E-state index in [4.69, 9.17) is 0 Å². The molecule has 1 amide bonds. The number of benzene rings is 1. The van der Waals surface area contributed by atoms with E-state index in [1.54, 1.807) is 11.3 Å². The van der Waals surface area contributed by atoms with Crippen molar-refractivity contribution in [1.29, 1.82) is 0 Å². The number of rotatable bonds is 6. The number of hydrogen-bond donors (Lipinski definition) is 1. The highest BCUT2D eigenvalue weighted by Gasteiger charge is 2.13. The molecule has 0 spiro atoms. The molecule has 3 nitrogen and oxygen atoms in total. The van der Waals surface area contributed by atoms with Crippen molar-refractivity contribution in [3.63, 3.8) is 0 Å². The molecule has 4 heteroatoms. The maximum absolute atomic E-state index is 12.3. The van der Waals surface area contributed by atoms with E-state index < -0.39 is 0 Å². The zero-order valence-corrected chi connectivity index (χ0v) is 14.4. The van der Waals surface area contributed by atoms with Crippen LogP contribution in [0.2, 0.25) is 0 Å². The number of carbonyl (C=O) groups excluding carboxylic acids is 1. The van der Waals surface area contributed by atoms with E-state index in [1.807, 2.05) is 18.2 Å². The van der Waals surface area contributed by atoms with Crippen molar-refractivity contribution in [2.75, 3.05) is 6.54 Å². The van der Waals surface area contributed by atoms with E-state index in [-0.39, 0.29) is 5.91 Å². The van der Waals surface area contributed by atoms with Crippen LogP contribution in [-0.2, 0) is 11.3 Å². The van der Waals surface area contributed by atoms with Crippen LogP contribution in [0, 0.1) is 5.92 Å². The molecule has 0 aliphatic carbocycles. The summed E-state index contributed by atoms with van der Waals surface area (Å²) in [6, 6.07) is 14.5. The first-order chi connectivity index (χ1) is 11.1. The number of nitrogens with zero attached hydrogens (tertiary/aromatic N) is 1. The monoisotopic (exact) mass is 326 g/mol. The number of aromatic nitrogens is 1. The topological polar surface area (TPSA) is 34.0 Å². The molecule has 0 aliphatic heterocycles. The van der Waals surface area contributed by atoms with Crippen molar-refractivity contribution >= 4 is 28.1 Å². The minimum Gasteiger partial charge on any atom is -0.355 e. The van der Waals surface area contributed by atoms with Crippen LogP contribution in [0.15, 0.2) is 47.8 Å². The van der Waals surface area contributed by atoms with Crippen LogP contribution in [0.1, 0.15) is 20.3 Å².